The van der Waals surface area contributed by atoms with Crippen molar-refractivity contribution in [2.45, 2.75) is 58.5 Å². The molecular formula is C16H26Cl2O2Si. The molecule has 21 heavy (non-hydrogen) atoms. The molecule has 1 aromatic rings. The summed E-state index contributed by atoms with van der Waals surface area (Å²) in [4.78, 5) is 0. The van der Waals surface area contributed by atoms with Gasteiger partial charge >= 0.3 is 8.56 Å². The molecule has 1 rings (SSSR count). The fourth-order valence-electron chi connectivity index (χ4n) is 2.10. The highest BCUT2D eigenvalue weighted by Gasteiger charge is 2.26. The van der Waals surface area contributed by atoms with Gasteiger partial charge in [-0.15, -0.1) is 0 Å². The number of hydrogen-bond acceptors (Lipinski definition) is 2. The lowest BCUT2D eigenvalue weighted by molar-refractivity contribution is 0.241. The van der Waals surface area contributed by atoms with Crippen LogP contribution >= 0.6 is 23.2 Å². The van der Waals surface area contributed by atoms with Gasteiger partial charge in [-0.05, 0) is 37.7 Å². The topological polar surface area (TPSA) is 18.5 Å². The van der Waals surface area contributed by atoms with Gasteiger partial charge in [-0.2, -0.15) is 0 Å². The van der Waals surface area contributed by atoms with Crippen LogP contribution in [0.15, 0.2) is 18.2 Å². The molecule has 0 bridgehead atoms. The predicted molar refractivity (Wildman–Crippen MR) is 93.9 cm³/mol. The summed E-state index contributed by atoms with van der Waals surface area (Å²) >= 11 is 12.0. The van der Waals surface area contributed by atoms with E-state index in [2.05, 4.69) is 6.92 Å². The van der Waals surface area contributed by atoms with Crippen LogP contribution in [-0.4, -0.2) is 15.2 Å². The van der Waals surface area contributed by atoms with Crippen molar-refractivity contribution in [1.82, 2.24) is 0 Å². The standard InChI is InChI=1S/C16H26Cl2O2Si/c1-4-5-6-7-8-9-10-19-21(2,3)20-16-12-14(17)11-15(18)13-16/h11-13H,4-10H2,1-3H3. The minimum atomic E-state index is -2.18. The van der Waals surface area contributed by atoms with Gasteiger partial charge in [0, 0.05) is 16.7 Å². The normalized spacial score (nSPS) is 11.7. The molecule has 2 nitrogen and oxygen atoms in total. The summed E-state index contributed by atoms with van der Waals surface area (Å²) in [6.45, 7) is 7.08. The van der Waals surface area contributed by atoms with Crippen molar-refractivity contribution >= 4 is 31.8 Å². The van der Waals surface area contributed by atoms with Crippen molar-refractivity contribution in [3.63, 3.8) is 0 Å². The van der Waals surface area contributed by atoms with E-state index in [1.165, 1.54) is 32.1 Å². The highest BCUT2D eigenvalue weighted by Crippen LogP contribution is 2.26. The van der Waals surface area contributed by atoms with Crippen molar-refractivity contribution in [3.05, 3.63) is 28.2 Å². The molecule has 0 aliphatic heterocycles. The van der Waals surface area contributed by atoms with Crippen LogP contribution < -0.4 is 4.43 Å². The summed E-state index contributed by atoms with van der Waals surface area (Å²) in [5.74, 6) is 0.687. The molecule has 0 fully saturated rings. The molecule has 0 heterocycles. The van der Waals surface area contributed by atoms with Crippen molar-refractivity contribution in [2.75, 3.05) is 6.61 Å². The van der Waals surface area contributed by atoms with Crippen molar-refractivity contribution in [3.8, 4) is 5.75 Å². The Hall–Kier alpha value is -0.223. The third kappa shape index (κ3) is 8.72. The minimum Gasteiger partial charge on any atom is -0.520 e. The van der Waals surface area contributed by atoms with Crippen LogP contribution in [0.5, 0.6) is 5.75 Å². The lowest BCUT2D eigenvalue weighted by atomic mass is 10.1. The number of unbranched alkanes of at least 4 members (excludes halogenated alkanes) is 5. The first-order valence-corrected chi connectivity index (χ1v) is 11.3. The van der Waals surface area contributed by atoms with E-state index in [0.29, 0.717) is 15.8 Å². The molecule has 0 saturated carbocycles. The predicted octanol–water partition coefficient (Wildman–Crippen LogP) is 6.45. The molecule has 0 aromatic heterocycles. The van der Waals surface area contributed by atoms with Crippen LogP contribution in [0.3, 0.4) is 0 Å². The molecule has 0 radical (unpaired) electrons. The van der Waals surface area contributed by atoms with E-state index in [-0.39, 0.29) is 0 Å². The van der Waals surface area contributed by atoms with E-state index in [1.807, 2.05) is 13.1 Å². The smallest absolute Gasteiger partial charge is 0.392 e. The summed E-state index contributed by atoms with van der Waals surface area (Å²) in [6, 6.07) is 5.24. The lowest BCUT2D eigenvalue weighted by Crippen LogP contribution is -2.38. The quantitative estimate of drug-likeness (QED) is 0.357. The van der Waals surface area contributed by atoms with Gasteiger partial charge in [-0.25, -0.2) is 0 Å². The average Bonchev–Trinajstić information content (AvgIpc) is 2.35. The number of halogens is 2. The molecule has 0 unspecified atom stereocenters. The lowest BCUT2D eigenvalue weighted by Gasteiger charge is -2.24. The zero-order chi connectivity index (χ0) is 15.7. The van der Waals surface area contributed by atoms with Crippen LogP contribution in [0.2, 0.25) is 23.1 Å². The second-order valence-electron chi connectivity index (χ2n) is 5.72. The average molecular weight is 349 g/mol. The van der Waals surface area contributed by atoms with Crippen LogP contribution in [-0.2, 0) is 4.43 Å². The summed E-state index contributed by atoms with van der Waals surface area (Å²) in [7, 11) is -2.18. The molecule has 0 amide bonds. The van der Waals surface area contributed by atoms with Crippen LogP contribution in [0.4, 0.5) is 0 Å². The number of hydrogen-bond donors (Lipinski definition) is 0. The van der Waals surface area contributed by atoms with Crippen LogP contribution in [0.1, 0.15) is 45.4 Å². The zero-order valence-electron chi connectivity index (χ0n) is 13.3. The van der Waals surface area contributed by atoms with Crippen molar-refractivity contribution < 1.29 is 8.85 Å². The molecule has 0 spiro atoms. The van der Waals surface area contributed by atoms with Crippen molar-refractivity contribution in [2.24, 2.45) is 0 Å². The van der Waals surface area contributed by atoms with Gasteiger partial charge in [0.1, 0.15) is 5.75 Å². The van der Waals surface area contributed by atoms with Gasteiger partial charge in [0.05, 0.1) is 0 Å². The maximum absolute atomic E-state index is 5.98. The highest BCUT2D eigenvalue weighted by molar-refractivity contribution is 6.65. The van der Waals surface area contributed by atoms with E-state index in [4.69, 9.17) is 32.1 Å². The van der Waals surface area contributed by atoms with Crippen molar-refractivity contribution in [1.29, 1.82) is 0 Å². The van der Waals surface area contributed by atoms with Gasteiger partial charge in [-0.3, -0.25) is 0 Å². The van der Waals surface area contributed by atoms with E-state index in [9.17, 15) is 0 Å². The highest BCUT2D eigenvalue weighted by atomic mass is 35.5. The van der Waals surface area contributed by atoms with Crippen LogP contribution in [0, 0.1) is 0 Å². The molecular weight excluding hydrogens is 323 g/mol. The second-order valence-corrected chi connectivity index (χ2v) is 9.89. The molecule has 0 aliphatic carbocycles. The van der Waals surface area contributed by atoms with E-state index in [1.54, 1.807) is 18.2 Å². The second kappa shape index (κ2) is 9.72. The van der Waals surface area contributed by atoms with Gasteiger partial charge in [0.15, 0.2) is 0 Å². The number of benzene rings is 1. The molecule has 0 atom stereocenters. The Morgan fingerprint density at radius 1 is 0.905 bits per heavy atom. The molecule has 0 aliphatic rings. The largest absolute Gasteiger partial charge is 0.520 e. The molecule has 0 saturated heterocycles. The van der Waals surface area contributed by atoms with Gasteiger partial charge < -0.3 is 8.85 Å². The van der Waals surface area contributed by atoms with Gasteiger partial charge in [-0.1, -0.05) is 62.2 Å². The third-order valence-corrected chi connectivity index (χ3v) is 5.21. The molecule has 0 N–H and O–H groups in total. The van der Waals surface area contributed by atoms with E-state index >= 15 is 0 Å². The Labute approximate surface area is 140 Å². The first-order valence-electron chi connectivity index (χ1n) is 7.72. The first-order chi connectivity index (χ1) is 9.93. The van der Waals surface area contributed by atoms with Crippen LogP contribution in [0.25, 0.3) is 0 Å². The summed E-state index contributed by atoms with van der Waals surface area (Å²) in [5, 5.41) is 1.16. The zero-order valence-corrected chi connectivity index (χ0v) is 15.8. The summed E-state index contributed by atoms with van der Waals surface area (Å²) in [5.41, 5.74) is 0. The van der Waals surface area contributed by atoms with E-state index in [0.717, 1.165) is 13.0 Å². The Morgan fingerprint density at radius 2 is 1.48 bits per heavy atom. The maximum Gasteiger partial charge on any atom is 0.392 e. The Kier molecular flexibility index (Phi) is 8.72. The summed E-state index contributed by atoms with van der Waals surface area (Å²) < 4.78 is 11.9. The summed E-state index contributed by atoms with van der Waals surface area (Å²) in [6.07, 6.45) is 7.57. The third-order valence-electron chi connectivity index (χ3n) is 3.15. The Bertz CT molecular complexity index is 404. The molecule has 1 aromatic carbocycles. The van der Waals surface area contributed by atoms with E-state index < -0.39 is 8.56 Å². The maximum atomic E-state index is 5.98. The fraction of sp³-hybridized carbons (Fsp3) is 0.625. The number of rotatable bonds is 10. The SMILES string of the molecule is CCCCCCCCO[Si](C)(C)Oc1cc(Cl)cc(Cl)c1. The fourth-order valence-corrected chi connectivity index (χ4v) is 3.99. The Balaban J connectivity index is 2.29. The van der Waals surface area contributed by atoms with Gasteiger partial charge in [0.2, 0.25) is 0 Å². The molecule has 120 valence electrons. The Morgan fingerprint density at radius 3 is 2.10 bits per heavy atom. The molecule has 5 heteroatoms. The minimum absolute atomic E-state index is 0.582. The monoisotopic (exact) mass is 348 g/mol. The first kappa shape index (κ1) is 18.8. The van der Waals surface area contributed by atoms with Gasteiger partial charge in [0.25, 0.3) is 0 Å².